The monoisotopic (exact) mass is 357 g/mol. The zero-order chi connectivity index (χ0) is 18.7. The zero-order valence-corrected chi connectivity index (χ0v) is 15.1. The van der Waals surface area contributed by atoms with Crippen molar-refractivity contribution in [1.82, 2.24) is 14.5 Å². The van der Waals surface area contributed by atoms with Crippen molar-refractivity contribution in [2.75, 3.05) is 6.61 Å². The van der Waals surface area contributed by atoms with Crippen LogP contribution in [0.3, 0.4) is 0 Å². The summed E-state index contributed by atoms with van der Waals surface area (Å²) >= 11 is 0. The molecule has 1 saturated heterocycles. The first-order chi connectivity index (χ1) is 12.5. The highest BCUT2D eigenvalue weighted by atomic mass is 16.5. The number of carbonyl (C=O) groups excluding carboxylic acids is 2. The fraction of sp³-hybridized carbons (Fsp3) is 0.474. The van der Waals surface area contributed by atoms with Crippen molar-refractivity contribution < 1.29 is 14.3 Å². The quantitative estimate of drug-likeness (QED) is 0.779. The van der Waals surface area contributed by atoms with Crippen molar-refractivity contribution in [2.45, 2.75) is 51.7 Å². The molecule has 1 aliphatic heterocycles. The third kappa shape index (κ3) is 3.76. The van der Waals surface area contributed by atoms with Crippen LogP contribution in [0.5, 0.6) is 0 Å². The summed E-state index contributed by atoms with van der Waals surface area (Å²) in [5, 5.41) is 0.440. The van der Waals surface area contributed by atoms with E-state index in [-0.39, 0.29) is 36.7 Å². The van der Waals surface area contributed by atoms with Crippen LogP contribution in [-0.4, -0.2) is 45.0 Å². The third-order valence-corrected chi connectivity index (χ3v) is 4.87. The Kier molecular flexibility index (Phi) is 5.35. The smallest absolute Gasteiger partial charge is 0.326 e. The lowest BCUT2D eigenvalue weighted by molar-refractivity contribution is -0.155. The van der Waals surface area contributed by atoms with Gasteiger partial charge in [-0.1, -0.05) is 12.1 Å². The summed E-state index contributed by atoms with van der Waals surface area (Å²) in [5.41, 5.74) is 0.266. The van der Waals surface area contributed by atoms with E-state index >= 15 is 0 Å². The minimum absolute atomic E-state index is 0.150. The summed E-state index contributed by atoms with van der Waals surface area (Å²) in [4.78, 5) is 42.8. The van der Waals surface area contributed by atoms with Gasteiger partial charge in [0.05, 0.1) is 17.2 Å². The predicted octanol–water partition coefficient (Wildman–Crippen LogP) is 1.73. The SMILES string of the molecule is C[C@H]1CCC[C@H](C)N1C(=O)COC(=O)Cn1cnc2ccccc2c1=O. The highest BCUT2D eigenvalue weighted by molar-refractivity contribution is 5.81. The molecule has 2 atom stereocenters. The Balaban J connectivity index is 1.62. The van der Waals surface area contributed by atoms with Crippen molar-refractivity contribution in [2.24, 2.45) is 0 Å². The second-order valence-electron chi connectivity index (χ2n) is 6.79. The van der Waals surface area contributed by atoms with Gasteiger partial charge in [0.2, 0.25) is 0 Å². The van der Waals surface area contributed by atoms with Crippen LogP contribution in [0.25, 0.3) is 10.9 Å². The minimum atomic E-state index is -0.630. The lowest BCUT2D eigenvalue weighted by Crippen LogP contribution is -2.49. The average Bonchev–Trinajstić information content (AvgIpc) is 2.62. The third-order valence-electron chi connectivity index (χ3n) is 4.87. The van der Waals surface area contributed by atoms with Crippen LogP contribution in [0, 0.1) is 0 Å². The zero-order valence-electron chi connectivity index (χ0n) is 15.1. The van der Waals surface area contributed by atoms with E-state index in [0.717, 1.165) is 19.3 Å². The van der Waals surface area contributed by atoms with Gasteiger partial charge in [-0.05, 0) is 45.2 Å². The van der Waals surface area contributed by atoms with Crippen LogP contribution in [0.15, 0.2) is 35.4 Å². The summed E-state index contributed by atoms with van der Waals surface area (Å²) in [7, 11) is 0. The molecule has 2 aromatic rings. The molecule has 1 amide bonds. The van der Waals surface area contributed by atoms with Gasteiger partial charge in [0.15, 0.2) is 6.61 Å². The Hall–Kier alpha value is -2.70. The number of hydrogen-bond acceptors (Lipinski definition) is 5. The number of aromatic nitrogens is 2. The number of para-hydroxylation sites is 1. The van der Waals surface area contributed by atoms with Crippen LogP contribution in [0.2, 0.25) is 0 Å². The molecular weight excluding hydrogens is 334 g/mol. The van der Waals surface area contributed by atoms with Crippen LogP contribution in [0.4, 0.5) is 0 Å². The molecule has 1 aromatic carbocycles. The van der Waals surface area contributed by atoms with Crippen molar-refractivity contribution in [3.05, 3.63) is 40.9 Å². The number of hydrogen-bond donors (Lipinski definition) is 0. The Morgan fingerprint density at radius 1 is 1.19 bits per heavy atom. The molecule has 138 valence electrons. The number of fused-ring (bicyclic) bond motifs is 1. The van der Waals surface area contributed by atoms with Gasteiger partial charge in [0.1, 0.15) is 6.54 Å². The first-order valence-corrected chi connectivity index (χ1v) is 8.88. The second-order valence-corrected chi connectivity index (χ2v) is 6.79. The standard InChI is InChI=1S/C19H23N3O4/c1-13-6-5-7-14(2)22(13)17(23)11-26-18(24)10-21-12-20-16-9-4-3-8-15(16)19(21)25/h3-4,8-9,12-14H,5-7,10-11H2,1-2H3/t13-,14-/m0/s1. The molecule has 7 heteroatoms. The molecule has 0 aliphatic carbocycles. The number of esters is 1. The van der Waals surface area contributed by atoms with Gasteiger partial charge >= 0.3 is 5.97 Å². The summed E-state index contributed by atoms with van der Waals surface area (Å²) in [5.74, 6) is -0.822. The Morgan fingerprint density at radius 2 is 1.88 bits per heavy atom. The molecule has 0 unspecified atom stereocenters. The molecule has 0 saturated carbocycles. The van der Waals surface area contributed by atoms with Gasteiger partial charge in [-0.2, -0.15) is 0 Å². The van der Waals surface area contributed by atoms with Crippen LogP contribution in [0.1, 0.15) is 33.1 Å². The highest BCUT2D eigenvalue weighted by Crippen LogP contribution is 2.22. The number of amides is 1. The molecule has 3 rings (SSSR count). The number of piperidine rings is 1. The van der Waals surface area contributed by atoms with Gasteiger partial charge in [-0.15, -0.1) is 0 Å². The number of likely N-dealkylation sites (tertiary alicyclic amines) is 1. The number of carbonyl (C=O) groups is 2. The van der Waals surface area contributed by atoms with E-state index in [4.69, 9.17) is 4.74 Å². The highest BCUT2D eigenvalue weighted by Gasteiger charge is 2.29. The van der Waals surface area contributed by atoms with E-state index in [9.17, 15) is 14.4 Å². The molecule has 1 aromatic heterocycles. The first-order valence-electron chi connectivity index (χ1n) is 8.88. The molecule has 7 nitrogen and oxygen atoms in total. The van der Waals surface area contributed by atoms with Gasteiger partial charge in [0.25, 0.3) is 11.5 Å². The number of ether oxygens (including phenoxy) is 1. The molecule has 0 radical (unpaired) electrons. The predicted molar refractivity (Wildman–Crippen MR) is 96.6 cm³/mol. The maximum atomic E-state index is 12.4. The fourth-order valence-corrected chi connectivity index (χ4v) is 3.53. The van der Waals surface area contributed by atoms with Crippen LogP contribution < -0.4 is 5.56 Å². The maximum Gasteiger partial charge on any atom is 0.326 e. The Labute approximate surface area is 151 Å². The van der Waals surface area contributed by atoms with E-state index in [1.807, 2.05) is 13.8 Å². The second kappa shape index (κ2) is 7.68. The molecule has 0 bridgehead atoms. The number of rotatable bonds is 4. The van der Waals surface area contributed by atoms with E-state index in [2.05, 4.69) is 4.98 Å². The molecule has 1 aliphatic rings. The molecular formula is C19H23N3O4. The summed E-state index contributed by atoms with van der Waals surface area (Å²) in [6, 6.07) is 7.23. The van der Waals surface area contributed by atoms with Gasteiger partial charge in [-0.25, -0.2) is 4.98 Å². The Morgan fingerprint density at radius 3 is 2.62 bits per heavy atom. The van der Waals surface area contributed by atoms with E-state index < -0.39 is 5.97 Å². The molecule has 26 heavy (non-hydrogen) atoms. The van der Waals surface area contributed by atoms with Gasteiger partial charge in [0, 0.05) is 12.1 Å². The van der Waals surface area contributed by atoms with Crippen LogP contribution >= 0.6 is 0 Å². The minimum Gasteiger partial charge on any atom is -0.454 e. The largest absolute Gasteiger partial charge is 0.454 e. The van der Waals surface area contributed by atoms with E-state index in [1.54, 1.807) is 29.2 Å². The maximum absolute atomic E-state index is 12.4. The molecule has 2 heterocycles. The van der Waals surface area contributed by atoms with Crippen molar-refractivity contribution in [3.8, 4) is 0 Å². The summed E-state index contributed by atoms with van der Waals surface area (Å²) < 4.78 is 6.30. The number of benzene rings is 1. The topological polar surface area (TPSA) is 81.5 Å². The summed E-state index contributed by atoms with van der Waals surface area (Å²) in [6.45, 7) is 3.45. The van der Waals surface area contributed by atoms with E-state index in [0.29, 0.717) is 10.9 Å². The van der Waals surface area contributed by atoms with Crippen molar-refractivity contribution >= 4 is 22.8 Å². The lowest BCUT2D eigenvalue weighted by atomic mass is 9.97. The van der Waals surface area contributed by atoms with Crippen molar-refractivity contribution in [1.29, 1.82) is 0 Å². The van der Waals surface area contributed by atoms with E-state index in [1.165, 1.54) is 10.9 Å². The Bertz CT molecular complexity index is 866. The number of nitrogens with zero attached hydrogens (tertiary/aromatic N) is 3. The van der Waals surface area contributed by atoms with Gasteiger partial charge in [-0.3, -0.25) is 19.0 Å². The molecule has 0 N–H and O–H groups in total. The fourth-order valence-electron chi connectivity index (χ4n) is 3.53. The van der Waals surface area contributed by atoms with Gasteiger partial charge < -0.3 is 9.64 Å². The average molecular weight is 357 g/mol. The summed E-state index contributed by atoms with van der Waals surface area (Å²) in [6.07, 6.45) is 4.34. The van der Waals surface area contributed by atoms with Crippen LogP contribution in [-0.2, 0) is 20.9 Å². The normalized spacial score (nSPS) is 20.2. The van der Waals surface area contributed by atoms with Crippen molar-refractivity contribution in [3.63, 3.8) is 0 Å². The first kappa shape index (κ1) is 18.1. The molecule has 1 fully saturated rings. The molecule has 0 spiro atoms. The lowest BCUT2D eigenvalue weighted by Gasteiger charge is -2.38.